The number of primary amides is 1. The Bertz CT molecular complexity index is 608. The Balaban J connectivity index is 5.00. The van der Waals surface area contributed by atoms with Gasteiger partial charge in [-0.1, -0.05) is 13.8 Å². The first kappa shape index (κ1) is 25.3. The van der Waals surface area contributed by atoms with Gasteiger partial charge in [-0.3, -0.25) is 19.2 Å². The van der Waals surface area contributed by atoms with Crippen LogP contribution in [0.2, 0.25) is 0 Å². The lowest BCUT2D eigenvalue weighted by molar-refractivity contribution is -0.143. The van der Waals surface area contributed by atoms with Gasteiger partial charge in [0.05, 0.1) is 18.6 Å². The molecule has 5 unspecified atom stereocenters. The molecule has 4 amide bonds. The molecule has 0 heterocycles. The molecule has 0 aromatic heterocycles. The lowest BCUT2D eigenvalue weighted by Crippen LogP contribution is -2.59. The summed E-state index contributed by atoms with van der Waals surface area (Å²) >= 11 is 0. The van der Waals surface area contributed by atoms with E-state index in [1.54, 1.807) is 13.8 Å². The van der Waals surface area contributed by atoms with E-state index in [9.17, 15) is 29.1 Å². The van der Waals surface area contributed by atoms with Gasteiger partial charge >= 0.3 is 5.97 Å². The number of rotatable bonds is 11. The second-order valence-corrected chi connectivity index (χ2v) is 6.80. The summed E-state index contributed by atoms with van der Waals surface area (Å²) in [5.41, 5.74) is 10.4. The molecule has 0 saturated heterocycles. The van der Waals surface area contributed by atoms with Crippen LogP contribution in [0.4, 0.5) is 0 Å². The van der Waals surface area contributed by atoms with Crippen LogP contribution in [0.25, 0.3) is 0 Å². The van der Waals surface area contributed by atoms with Crippen LogP contribution in [-0.2, 0) is 24.0 Å². The van der Waals surface area contributed by atoms with Crippen molar-refractivity contribution >= 4 is 29.6 Å². The quantitative estimate of drug-likeness (QED) is 0.186. The predicted molar refractivity (Wildman–Crippen MR) is 97.4 cm³/mol. The SMILES string of the molecule is CC(NC(=O)C(NC(=O)C(N)CC(N)=O)C(C)O)C(=O)NC(C(=O)O)C(C)C. The van der Waals surface area contributed by atoms with Crippen molar-refractivity contribution in [1.82, 2.24) is 16.0 Å². The van der Waals surface area contributed by atoms with E-state index < -0.39 is 66.3 Å². The standard InChI is InChI=1S/C16H29N5O7/c1-6(2)11(16(27)28)20-13(24)7(3)19-15(26)12(8(4)22)21-14(25)9(17)5-10(18)23/h6-9,11-12,22H,5,17H2,1-4H3,(H2,18,23)(H,19,26)(H,20,24)(H,21,25)(H,27,28). The zero-order valence-corrected chi connectivity index (χ0v) is 16.3. The number of carboxylic acids is 1. The predicted octanol–water partition coefficient (Wildman–Crippen LogP) is -3.22. The van der Waals surface area contributed by atoms with Gasteiger partial charge < -0.3 is 37.6 Å². The molecule has 5 atom stereocenters. The van der Waals surface area contributed by atoms with Gasteiger partial charge in [-0.15, -0.1) is 0 Å². The highest BCUT2D eigenvalue weighted by Crippen LogP contribution is 2.03. The molecule has 0 aromatic rings. The minimum Gasteiger partial charge on any atom is -0.480 e. The third-order valence-electron chi connectivity index (χ3n) is 3.80. The zero-order chi connectivity index (χ0) is 22.2. The summed E-state index contributed by atoms with van der Waals surface area (Å²) in [4.78, 5) is 58.4. The molecule has 28 heavy (non-hydrogen) atoms. The van der Waals surface area contributed by atoms with Gasteiger partial charge in [0.25, 0.3) is 0 Å². The first-order chi connectivity index (χ1) is 12.8. The fourth-order valence-electron chi connectivity index (χ4n) is 2.14. The Morgan fingerprint density at radius 1 is 0.857 bits per heavy atom. The Morgan fingerprint density at radius 3 is 1.75 bits per heavy atom. The van der Waals surface area contributed by atoms with Crippen molar-refractivity contribution in [3.8, 4) is 0 Å². The highest BCUT2D eigenvalue weighted by atomic mass is 16.4. The number of aliphatic hydroxyl groups excluding tert-OH is 1. The van der Waals surface area contributed by atoms with Crippen LogP contribution in [0.5, 0.6) is 0 Å². The fourth-order valence-corrected chi connectivity index (χ4v) is 2.14. The van der Waals surface area contributed by atoms with Gasteiger partial charge in [0.1, 0.15) is 18.1 Å². The largest absolute Gasteiger partial charge is 0.480 e. The molecular weight excluding hydrogens is 374 g/mol. The van der Waals surface area contributed by atoms with E-state index in [0.717, 1.165) is 0 Å². The maximum atomic E-state index is 12.3. The van der Waals surface area contributed by atoms with E-state index >= 15 is 0 Å². The van der Waals surface area contributed by atoms with Crippen molar-refractivity contribution in [1.29, 1.82) is 0 Å². The second-order valence-electron chi connectivity index (χ2n) is 6.80. The number of carbonyl (C=O) groups is 5. The molecule has 0 fully saturated rings. The van der Waals surface area contributed by atoms with E-state index in [1.807, 2.05) is 0 Å². The summed E-state index contributed by atoms with van der Waals surface area (Å²) in [5, 5.41) is 25.6. The normalized spacial score (nSPS) is 16.2. The van der Waals surface area contributed by atoms with Gasteiger partial charge in [0, 0.05) is 0 Å². The van der Waals surface area contributed by atoms with Crippen LogP contribution >= 0.6 is 0 Å². The van der Waals surface area contributed by atoms with Crippen LogP contribution < -0.4 is 27.4 Å². The zero-order valence-electron chi connectivity index (χ0n) is 16.3. The van der Waals surface area contributed by atoms with Crippen molar-refractivity contribution in [2.75, 3.05) is 0 Å². The molecule has 0 aliphatic heterocycles. The summed E-state index contributed by atoms with van der Waals surface area (Å²) in [6.07, 6.45) is -1.80. The average Bonchev–Trinajstić information content (AvgIpc) is 2.54. The van der Waals surface area contributed by atoms with Crippen LogP contribution in [0.3, 0.4) is 0 Å². The highest BCUT2D eigenvalue weighted by molar-refractivity contribution is 5.95. The van der Waals surface area contributed by atoms with Crippen molar-refractivity contribution in [3.63, 3.8) is 0 Å². The fraction of sp³-hybridized carbons (Fsp3) is 0.688. The van der Waals surface area contributed by atoms with Gasteiger partial charge in [0.2, 0.25) is 23.6 Å². The van der Waals surface area contributed by atoms with Crippen LogP contribution in [0, 0.1) is 5.92 Å². The van der Waals surface area contributed by atoms with Crippen LogP contribution in [0.1, 0.15) is 34.1 Å². The first-order valence-electron chi connectivity index (χ1n) is 8.63. The molecule has 0 rings (SSSR count). The van der Waals surface area contributed by atoms with Gasteiger partial charge in [0.15, 0.2) is 0 Å². The van der Waals surface area contributed by atoms with Gasteiger partial charge in [-0.2, -0.15) is 0 Å². The number of aliphatic hydroxyl groups is 1. The summed E-state index contributed by atoms with van der Waals surface area (Å²) in [7, 11) is 0. The van der Waals surface area contributed by atoms with Gasteiger partial charge in [-0.05, 0) is 19.8 Å². The number of hydrogen-bond acceptors (Lipinski definition) is 7. The first-order valence-corrected chi connectivity index (χ1v) is 8.63. The monoisotopic (exact) mass is 403 g/mol. The number of amides is 4. The van der Waals surface area contributed by atoms with Crippen LogP contribution in [0.15, 0.2) is 0 Å². The number of hydrogen-bond donors (Lipinski definition) is 7. The minimum absolute atomic E-state index is 0.388. The molecule has 160 valence electrons. The van der Waals surface area contributed by atoms with E-state index in [0.29, 0.717) is 0 Å². The summed E-state index contributed by atoms with van der Waals surface area (Å²) in [5.74, 6) is -4.96. The molecule has 9 N–H and O–H groups in total. The summed E-state index contributed by atoms with van der Waals surface area (Å²) in [6, 6.07) is -5.06. The van der Waals surface area contributed by atoms with E-state index in [2.05, 4.69) is 16.0 Å². The number of aliphatic carboxylic acids is 1. The topological polar surface area (TPSA) is 214 Å². The maximum Gasteiger partial charge on any atom is 0.326 e. The molecule has 0 bridgehead atoms. The molecule has 12 nitrogen and oxygen atoms in total. The molecule has 0 spiro atoms. The average molecular weight is 403 g/mol. The molecule has 0 aliphatic carbocycles. The number of nitrogens with two attached hydrogens (primary N) is 2. The Morgan fingerprint density at radius 2 is 1.36 bits per heavy atom. The molecule has 0 radical (unpaired) electrons. The lowest BCUT2D eigenvalue weighted by Gasteiger charge is -2.25. The third-order valence-corrected chi connectivity index (χ3v) is 3.80. The van der Waals surface area contributed by atoms with Crippen molar-refractivity contribution < 1.29 is 34.2 Å². The minimum atomic E-state index is -1.46. The molecule has 0 aliphatic rings. The van der Waals surface area contributed by atoms with Crippen molar-refractivity contribution in [2.45, 2.75) is 64.4 Å². The van der Waals surface area contributed by atoms with Crippen LogP contribution in [-0.4, -0.2) is 70.1 Å². The second kappa shape index (κ2) is 11.2. The Labute approximate surface area is 162 Å². The molecule has 12 heteroatoms. The third kappa shape index (κ3) is 8.31. The van der Waals surface area contributed by atoms with Gasteiger partial charge in [-0.25, -0.2) is 4.79 Å². The van der Waals surface area contributed by atoms with Crippen molar-refractivity contribution in [3.05, 3.63) is 0 Å². The molecular formula is C16H29N5O7. The summed E-state index contributed by atoms with van der Waals surface area (Å²) in [6.45, 7) is 5.76. The van der Waals surface area contributed by atoms with Crippen molar-refractivity contribution in [2.24, 2.45) is 17.4 Å². The van der Waals surface area contributed by atoms with E-state index in [-0.39, 0.29) is 5.92 Å². The smallest absolute Gasteiger partial charge is 0.326 e. The number of carbonyl (C=O) groups excluding carboxylic acids is 4. The Hall–Kier alpha value is -2.73. The molecule has 0 aromatic carbocycles. The van der Waals surface area contributed by atoms with E-state index in [1.165, 1.54) is 13.8 Å². The maximum absolute atomic E-state index is 12.3. The summed E-state index contributed by atoms with van der Waals surface area (Å²) < 4.78 is 0. The number of nitrogens with one attached hydrogen (secondary N) is 3. The Kier molecular flexibility index (Phi) is 10.1. The lowest BCUT2D eigenvalue weighted by atomic mass is 10.0. The molecule has 0 saturated carbocycles. The number of carboxylic acid groups (broad SMARTS) is 1. The highest BCUT2D eigenvalue weighted by Gasteiger charge is 2.31. The van der Waals surface area contributed by atoms with E-state index in [4.69, 9.17) is 16.6 Å².